The summed E-state index contributed by atoms with van der Waals surface area (Å²) < 4.78 is 26.1. The summed E-state index contributed by atoms with van der Waals surface area (Å²) in [7, 11) is 0. The highest BCUT2D eigenvalue weighted by atomic mass is 19.1. The van der Waals surface area contributed by atoms with Crippen LogP contribution in [0.3, 0.4) is 0 Å². The van der Waals surface area contributed by atoms with Crippen LogP contribution in [0.25, 0.3) is 5.57 Å². The van der Waals surface area contributed by atoms with E-state index in [0.717, 1.165) is 0 Å². The van der Waals surface area contributed by atoms with E-state index in [2.05, 4.69) is 0 Å². The van der Waals surface area contributed by atoms with Gasteiger partial charge in [-0.15, -0.1) is 0 Å². The zero-order chi connectivity index (χ0) is 13.8. The van der Waals surface area contributed by atoms with Gasteiger partial charge in [-0.3, -0.25) is 4.79 Å². The Morgan fingerprint density at radius 1 is 0.947 bits per heavy atom. The Kier molecular flexibility index (Phi) is 3.85. The fourth-order valence-corrected chi connectivity index (χ4v) is 1.74. The molecule has 0 fully saturated rings. The molecular weight excluding hydrogens is 246 g/mol. The molecule has 0 aromatic heterocycles. The zero-order valence-electron chi connectivity index (χ0n) is 10.4. The van der Waals surface area contributed by atoms with Crippen LogP contribution >= 0.6 is 0 Å². The fraction of sp³-hybridized carbons (Fsp3) is 0.0625. The van der Waals surface area contributed by atoms with Crippen molar-refractivity contribution in [1.29, 1.82) is 0 Å². The molecule has 96 valence electrons. The fourth-order valence-electron chi connectivity index (χ4n) is 1.74. The first-order valence-electron chi connectivity index (χ1n) is 5.80. The van der Waals surface area contributed by atoms with E-state index in [0.29, 0.717) is 11.1 Å². The summed E-state index contributed by atoms with van der Waals surface area (Å²) >= 11 is 0. The largest absolute Gasteiger partial charge is 0.289 e. The second-order valence-corrected chi connectivity index (χ2v) is 4.21. The topological polar surface area (TPSA) is 17.1 Å². The van der Waals surface area contributed by atoms with Gasteiger partial charge in [0, 0.05) is 5.56 Å². The lowest BCUT2D eigenvalue weighted by Crippen LogP contribution is -1.96. The van der Waals surface area contributed by atoms with E-state index in [-0.39, 0.29) is 17.2 Å². The maximum absolute atomic E-state index is 13.1. The molecule has 0 aliphatic carbocycles. The number of rotatable bonds is 3. The molecular formula is C16H12F2O. The van der Waals surface area contributed by atoms with E-state index in [1.54, 1.807) is 25.1 Å². The number of halogens is 2. The predicted molar refractivity (Wildman–Crippen MR) is 70.8 cm³/mol. The Balaban J connectivity index is 2.28. The summed E-state index contributed by atoms with van der Waals surface area (Å²) in [5, 5.41) is 0. The number of carbonyl (C=O) groups excluding carboxylic acids is 1. The average Bonchev–Trinajstić information content (AvgIpc) is 2.38. The van der Waals surface area contributed by atoms with Crippen molar-refractivity contribution >= 4 is 11.4 Å². The minimum absolute atomic E-state index is 0.274. The van der Waals surface area contributed by atoms with Crippen molar-refractivity contribution in [3.63, 3.8) is 0 Å². The van der Waals surface area contributed by atoms with E-state index in [4.69, 9.17) is 0 Å². The van der Waals surface area contributed by atoms with Gasteiger partial charge >= 0.3 is 0 Å². The van der Waals surface area contributed by atoms with E-state index >= 15 is 0 Å². The summed E-state index contributed by atoms with van der Waals surface area (Å²) in [6, 6.07) is 11.5. The van der Waals surface area contributed by atoms with Gasteiger partial charge in [0.1, 0.15) is 11.6 Å². The standard InChI is InChI=1S/C16H12F2O/c1-11(12-4-2-6-14(17)9-12)8-16(19)13-5-3-7-15(18)10-13/h2-10H,1H3/b11-8+. The van der Waals surface area contributed by atoms with Crippen LogP contribution in [-0.2, 0) is 0 Å². The minimum atomic E-state index is -0.456. The maximum atomic E-state index is 13.1. The molecule has 0 radical (unpaired) electrons. The van der Waals surface area contributed by atoms with Gasteiger partial charge in [-0.05, 0) is 48.4 Å². The van der Waals surface area contributed by atoms with Gasteiger partial charge in [-0.2, -0.15) is 0 Å². The van der Waals surface area contributed by atoms with Gasteiger partial charge in [-0.25, -0.2) is 8.78 Å². The van der Waals surface area contributed by atoms with Gasteiger partial charge in [0.15, 0.2) is 5.78 Å². The second-order valence-electron chi connectivity index (χ2n) is 4.21. The molecule has 2 aromatic rings. The van der Waals surface area contributed by atoms with Crippen molar-refractivity contribution in [2.75, 3.05) is 0 Å². The van der Waals surface area contributed by atoms with Crippen molar-refractivity contribution in [2.24, 2.45) is 0 Å². The normalized spacial score (nSPS) is 11.4. The Morgan fingerprint density at radius 3 is 2.05 bits per heavy atom. The van der Waals surface area contributed by atoms with Crippen molar-refractivity contribution < 1.29 is 13.6 Å². The van der Waals surface area contributed by atoms with Gasteiger partial charge < -0.3 is 0 Å². The average molecular weight is 258 g/mol. The molecule has 0 aliphatic heterocycles. The smallest absolute Gasteiger partial charge is 0.186 e. The number of hydrogen-bond donors (Lipinski definition) is 0. The third kappa shape index (κ3) is 3.35. The molecule has 0 spiro atoms. The van der Waals surface area contributed by atoms with Crippen LogP contribution in [0.5, 0.6) is 0 Å². The number of ketones is 1. The molecule has 2 aromatic carbocycles. The molecule has 0 saturated carbocycles. The van der Waals surface area contributed by atoms with Crippen molar-refractivity contribution in [3.8, 4) is 0 Å². The summed E-state index contributed by atoms with van der Waals surface area (Å²) in [5.74, 6) is -1.12. The summed E-state index contributed by atoms with van der Waals surface area (Å²) in [6.07, 6.45) is 1.38. The molecule has 2 rings (SSSR count). The molecule has 3 heteroatoms. The summed E-state index contributed by atoms with van der Waals surface area (Å²) in [6.45, 7) is 1.71. The van der Waals surface area contributed by atoms with Crippen molar-refractivity contribution in [3.05, 3.63) is 77.4 Å². The lowest BCUT2D eigenvalue weighted by Gasteiger charge is -2.02. The van der Waals surface area contributed by atoms with Crippen LogP contribution in [0.15, 0.2) is 54.6 Å². The van der Waals surface area contributed by atoms with Gasteiger partial charge in [-0.1, -0.05) is 24.3 Å². The quantitative estimate of drug-likeness (QED) is 0.594. The maximum Gasteiger partial charge on any atom is 0.186 e. The molecule has 0 saturated heterocycles. The first kappa shape index (κ1) is 13.1. The van der Waals surface area contributed by atoms with Crippen LogP contribution in [0.1, 0.15) is 22.8 Å². The predicted octanol–water partition coefficient (Wildman–Crippen LogP) is 4.25. The number of benzene rings is 2. The number of carbonyl (C=O) groups is 1. The van der Waals surface area contributed by atoms with E-state index in [1.807, 2.05) is 0 Å². The van der Waals surface area contributed by atoms with Crippen LogP contribution in [0, 0.1) is 11.6 Å². The minimum Gasteiger partial charge on any atom is -0.289 e. The Morgan fingerprint density at radius 2 is 1.47 bits per heavy atom. The highest BCUT2D eigenvalue weighted by Crippen LogP contribution is 2.16. The molecule has 0 N–H and O–H groups in total. The highest BCUT2D eigenvalue weighted by molar-refractivity contribution is 6.08. The zero-order valence-corrected chi connectivity index (χ0v) is 10.4. The Hall–Kier alpha value is -2.29. The van der Waals surface area contributed by atoms with Crippen molar-refractivity contribution in [2.45, 2.75) is 6.92 Å². The number of hydrogen-bond acceptors (Lipinski definition) is 1. The monoisotopic (exact) mass is 258 g/mol. The van der Waals surface area contributed by atoms with Crippen LogP contribution < -0.4 is 0 Å². The molecule has 19 heavy (non-hydrogen) atoms. The van der Waals surface area contributed by atoms with Crippen molar-refractivity contribution in [1.82, 2.24) is 0 Å². The first-order valence-corrected chi connectivity index (χ1v) is 5.80. The lowest BCUT2D eigenvalue weighted by atomic mass is 10.0. The van der Waals surface area contributed by atoms with E-state index < -0.39 is 5.82 Å². The Labute approximate surface area is 110 Å². The van der Waals surface area contributed by atoms with Gasteiger partial charge in [0.2, 0.25) is 0 Å². The summed E-state index contributed by atoms with van der Waals surface area (Å²) in [5.41, 5.74) is 1.54. The molecule has 0 bridgehead atoms. The molecule has 0 unspecified atom stereocenters. The number of allylic oxidation sites excluding steroid dienone is 2. The molecule has 0 amide bonds. The Bertz CT molecular complexity index is 645. The molecule has 1 nitrogen and oxygen atoms in total. The third-order valence-corrected chi connectivity index (χ3v) is 2.74. The molecule has 0 aliphatic rings. The van der Waals surface area contributed by atoms with E-state index in [1.165, 1.54) is 36.4 Å². The van der Waals surface area contributed by atoms with Crippen LogP contribution in [0.4, 0.5) is 8.78 Å². The third-order valence-electron chi connectivity index (χ3n) is 2.74. The molecule has 0 heterocycles. The van der Waals surface area contributed by atoms with Gasteiger partial charge in [0.05, 0.1) is 0 Å². The molecule has 0 atom stereocenters. The lowest BCUT2D eigenvalue weighted by molar-refractivity contribution is 0.104. The summed E-state index contributed by atoms with van der Waals surface area (Å²) in [4.78, 5) is 11.9. The van der Waals surface area contributed by atoms with E-state index in [9.17, 15) is 13.6 Å². The SMILES string of the molecule is C/C(=C\C(=O)c1cccc(F)c1)c1cccc(F)c1. The van der Waals surface area contributed by atoms with Crippen LogP contribution in [-0.4, -0.2) is 5.78 Å². The highest BCUT2D eigenvalue weighted by Gasteiger charge is 2.05. The first-order chi connectivity index (χ1) is 9.06. The van der Waals surface area contributed by atoms with Crippen LogP contribution in [0.2, 0.25) is 0 Å². The second kappa shape index (κ2) is 5.57. The van der Waals surface area contributed by atoms with Gasteiger partial charge in [0.25, 0.3) is 0 Å².